The number of imidazole rings is 1. The molecule has 20 heavy (non-hydrogen) atoms. The molecule has 1 fully saturated rings. The van der Waals surface area contributed by atoms with Gasteiger partial charge in [-0.1, -0.05) is 11.6 Å². The molecule has 2 heterocycles. The molecule has 1 aromatic heterocycles. The molecule has 1 aromatic carbocycles. The Balaban J connectivity index is 1.91. The Labute approximate surface area is 129 Å². The minimum Gasteiger partial charge on any atom is -0.325 e. The molecule has 3 rings (SSSR count). The van der Waals surface area contributed by atoms with Crippen LogP contribution in [0.1, 0.15) is 31.0 Å². The normalized spacial score (nSPS) is 17.9. The van der Waals surface area contributed by atoms with Crippen LogP contribution in [0.25, 0.3) is 11.0 Å². The molecule has 1 unspecified atom stereocenters. The minimum absolute atomic E-state index is 0.0975. The zero-order valence-electron chi connectivity index (χ0n) is 11.6. The maximum atomic E-state index is 6.29. The summed E-state index contributed by atoms with van der Waals surface area (Å²) in [6.07, 6.45) is 2.64. The molecular formula is C15H19Cl2N3. The van der Waals surface area contributed by atoms with E-state index in [1.807, 2.05) is 25.1 Å². The van der Waals surface area contributed by atoms with Gasteiger partial charge in [0, 0.05) is 18.1 Å². The lowest BCUT2D eigenvalue weighted by molar-refractivity contribution is 0.322. The molecule has 2 aromatic rings. The third-order valence-electron chi connectivity index (χ3n) is 3.93. The van der Waals surface area contributed by atoms with E-state index in [0.29, 0.717) is 0 Å². The van der Waals surface area contributed by atoms with Crippen molar-refractivity contribution in [2.45, 2.75) is 31.7 Å². The zero-order valence-corrected chi connectivity index (χ0v) is 13.2. The monoisotopic (exact) mass is 311 g/mol. The van der Waals surface area contributed by atoms with Crippen LogP contribution in [-0.2, 0) is 6.54 Å². The summed E-state index contributed by atoms with van der Waals surface area (Å²) < 4.78 is 2.24. The van der Waals surface area contributed by atoms with Gasteiger partial charge in [-0.15, -0.1) is 11.6 Å². The fourth-order valence-corrected chi connectivity index (χ4v) is 3.24. The number of likely N-dealkylation sites (tertiary alicyclic amines) is 1. The molecule has 5 heteroatoms. The molecule has 0 radical (unpaired) electrons. The van der Waals surface area contributed by atoms with Crippen molar-refractivity contribution < 1.29 is 0 Å². The van der Waals surface area contributed by atoms with Crippen LogP contribution in [0.2, 0.25) is 5.02 Å². The standard InChI is InChI=1S/C15H19Cl2N3/c1-11(16)15-18-13-10-12(17)4-5-14(13)20(15)9-8-19-6-2-3-7-19/h4-5,10-11H,2-3,6-9H2,1H3. The van der Waals surface area contributed by atoms with Gasteiger partial charge in [0.25, 0.3) is 0 Å². The number of fused-ring (bicyclic) bond motifs is 1. The second kappa shape index (κ2) is 5.92. The van der Waals surface area contributed by atoms with Gasteiger partial charge in [-0.05, 0) is 51.1 Å². The highest BCUT2D eigenvalue weighted by Crippen LogP contribution is 2.26. The third kappa shape index (κ3) is 2.80. The first-order chi connectivity index (χ1) is 9.65. The SMILES string of the molecule is CC(Cl)c1nc2cc(Cl)ccc2n1CCN1CCCC1. The fourth-order valence-electron chi connectivity index (χ4n) is 2.91. The summed E-state index contributed by atoms with van der Waals surface area (Å²) in [6, 6.07) is 5.87. The van der Waals surface area contributed by atoms with Gasteiger partial charge in [0.15, 0.2) is 0 Å². The highest BCUT2D eigenvalue weighted by Gasteiger charge is 2.17. The lowest BCUT2D eigenvalue weighted by Crippen LogP contribution is -2.24. The first-order valence-corrected chi connectivity index (χ1v) is 7.98. The number of nitrogens with zero attached hydrogens (tertiary/aromatic N) is 3. The first-order valence-electron chi connectivity index (χ1n) is 7.17. The maximum absolute atomic E-state index is 6.29. The molecular weight excluding hydrogens is 293 g/mol. The summed E-state index contributed by atoms with van der Waals surface area (Å²) in [5, 5.41) is 0.621. The van der Waals surface area contributed by atoms with Crippen LogP contribution in [0, 0.1) is 0 Å². The molecule has 108 valence electrons. The summed E-state index contributed by atoms with van der Waals surface area (Å²) in [4.78, 5) is 7.15. The molecule has 1 aliphatic rings. The molecule has 1 atom stereocenters. The van der Waals surface area contributed by atoms with Gasteiger partial charge in [-0.2, -0.15) is 0 Å². The third-order valence-corrected chi connectivity index (χ3v) is 4.36. The molecule has 0 amide bonds. The van der Waals surface area contributed by atoms with E-state index in [2.05, 4.69) is 14.5 Å². The van der Waals surface area contributed by atoms with Crippen LogP contribution >= 0.6 is 23.2 Å². The first kappa shape index (κ1) is 14.2. The van der Waals surface area contributed by atoms with E-state index >= 15 is 0 Å². The molecule has 0 N–H and O–H groups in total. The van der Waals surface area contributed by atoms with Crippen molar-refractivity contribution in [2.24, 2.45) is 0 Å². The molecule has 3 nitrogen and oxygen atoms in total. The lowest BCUT2D eigenvalue weighted by Gasteiger charge is -2.17. The molecule has 1 aliphatic heterocycles. The van der Waals surface area contributed by atoms with Crippen LogP contribution in [0.4, 0.5) is 0 Å². The van der Waals surface area contributed by atoms with Gasteiger partial charge in [0.2, 0.25) is 0 Å². The van der Waals surface area contributed by atoms with Crippen molar-refractivity contribution in [2.75, 3.05) is 19.6 Å². The highest BCUT2D eigenvalue weighted by atomic mass is 35.5. The largest absolute Gasteiger partial charge is 0.325 e. The number of benzene rings is 1. The zero-order chi connectivity index (χ0) is 14.1. The molecule has 0 bridgehead atoms. The highest BCUT2D eigenvalue weighted by molar-refractivity contribution is 6.31. The van der Waals surface area contributed by atoms with Gasteiger partial charge in [-0.25, -0.2) is 4.98 Å². The van der Waals surface area contributed by atoms with E-state index in [1.54, 1.807) is 0 Å². The van der Waals surface area contributed by atoms with E-state index < -0.39 is 0 Å². The molecule has 0 spiro atoms. The smallest absolute Gasteiger partial charge is 0.127 e. The number of halogens is 2. The Hall–Kier alpha value is -0.770. The quantitative estimate of drug-likeness (QED) is 0.793. The molecule has 0 aliphatic carbocycles. The van der Waals surface area contributed by atoms with Crippen molar-refractivity contribution in [3.8, 4) is 0 Å². The number of hydrogen-bond donors (Lipinski definition) is 0. The summed E-state index contributed by atoms with van der Waals surface area (Å²) in [7, 11) is 0. The van der Waals surface area contributed by atoms with Crippen molar-refractivity contribution in [1.82, 2.24) is 14.5 Å². The van der Waals surface area contributed by atoms with E-state index in [4.69, 9.17) is 23.2 Å². The van der Waals surface area contributed by atoms with E-state index in [1.165, 1.54) is 25.9 Å². The maximum Gasteiger partial charge on any atom is 0.127 e. The van der Waals surface area contributed by atoms with Crippen LogP contribution in [0.15, 0.2) is 18.2 Å². The van der Waals surface area contributed by atoms with E-state index in [-0.39, 0.29) is 5.38 Å². The van der Waals surface area contributed by atoms with Gasteiger partial charge in [-0.3, -0.25) is 0 Å². The van der Waals surface area contributed by atoms with Crippen molar-refractivity contribution in [3.05, 3.63) is 29.0 Å². The molecule has 0 saturated carbocycles. The van der Waals surface area contributed by atoms with Crippen LogP contribution in [0.3, 0.4) is 0 Å². The second-order valence-corrected chi connectivity index (χ2v) is 6.51. The van der Waals surface area contributed by atoms with Crippen LogP contribution in [-0.4, -0.2) is 34.1 Å². The Morgan fingerprint density at radius 1 is 1.25 bits per heavy atom. The van der Waals surface area contributed by atoms with Crippen molar-refractivity contribution >= 4 is 34.2 Å². The summed E-state index contributed by atoms with van der Waals surface area (Å²) in [5.74, 6) is 0.933. The summed E-state index contributed by atoms with van der Waals surface area (Å²) in [5.41, 5.74) is 2.05. The van der Waals surface area contributed by atoms with Crippen LogP contribution < -0.4 is 0 Å². The Kier molecular flexibility index (Phi) is 4.20. The number of hydrogen-bond acceptors (Lipinski definition) is 2. The Morgan fingerprint density at radius 2 is 2.00 bits per heavy atom. The Morgan fingerprint density at radius 3 is 2.70 bits per heavy atom. The average molecular weight is 312 g/mol. The number of rotatable bonds is 4. The topological polar surface area (TPSA) is 21.1 Å². The van der Waals surface area contributed by atoms with E-state index in [0.717, 1.165) is 35.0 Å². The second-order valence-electron chi connectivity index (χ2n) is 5.42. The van der Waals surface area contributed by atoms with Gasteiger partial charge in [0.1, 0.15) is 5.82 Å². The number of alkyl halides is 1. The molecule has 1 saturated heterocycles. The predicted octanol–water partition coefficient (Wildman–Crippen LogP) is 4.09. The fraction of sp³-hybridized carbons (Fsp3) is 0.533. The van der Waals surface area contributed by atoms with Crippen LogP contribution in [0.5, 0.6) is 0 Å². The summed E-state index contributed by atoms with van der Waals surface area (Å²) >= 11 is 12.3. The van der Waals surface area contributed by atoms with Crippen molar-refractivity contribution in [1.29, 1.82) is 0 Å². The van der Waals surface area contributed by atoms with Gasteiger partial charge < -0.3 is 9.47 Å². The lowest BCUT2D eigenvalue weighted by atomic mass is 10.3. The summed E-state index contributed by atoms with van der Waals surface area (Å²) in [6.45, 7) is 6.39. The number of aromatic nitrogens is 2. The van der Waals surface area contributed by atoms with Gasteiger partial charge >= 0.3 is 0 Å². The minimum atomic E-state index is -0.0975. The van der Waals surface area contributed by atoms with E-state index in [9.17, 15) is 0 Å². The average Bonchev–Trinajstić information content (AvgIpc) is 3.02. The van der Waals surface area contributed by atoms with Gasteiger partial charge in [0.05, 0.1) is 16.4 Å². The van der Waals surface area contributed by atoms with Crippen molar-refractivity contribution in [3.63, 3.8) is 0 Å². The predicted molar refractivity (Wildman–Crippen MR) is 84.7 cm³/mol. The Bertz CT molecular complexity index is 600.